The monoisotopic (exact) mass is 283 g/mol. The molecule has 4 rings (SSSR count). The number of isocyanates is 1. The average Bonchev–Trinajstić information content (AvgIpc) is 2.90. The van der Waals surface area contributed by atoms with Crippen LogP contribution in [0.3, 0.4) is 0 Å². The van der Waals surface area contributed by atoms with Crippen LogP contribution in [-0.2, 0) is 4.79 Å². The Morgan fingerprint density at radius 1 is 0.682 bits per heavy atom. The molecule has 2 nitrogen and oxygen atoms in total. The van der Waals surface area contributed by atoms with Crippen molar-refractivity contribution in [3.05, 3.63) is 89.5 Å². The van der Waals surface area contributed by atoms with Gasteiger partial charge in [-0.3, -0.25) is 0 Å². The van der Waals surface area contributed by atoms with Crippen molar-refractivity contribution in [3.63, 3.8) is 0 Å². The molecule has 0 aliphatic heterocycles. The Morgan fingerprint density at radius 3 is 1.77 bits per heavy atom. The summed E-state index contributed by atoms with van der Waals surface area (Å²) in [6.07, 6.45) is 1.67. The molecule has 0 bridgehead atoms. The van der Waals surface area contributed by atoms with Gasteiger partial charge in [-0.25, -0.2) is 4.79 Å². The molecule has 0 saturated carbocycles. The maximum Gasteiger partial charge on any atom is 0.240 e. The molecule has 104 valence electrons. The Bertz CT molecular complexity index is 861. The highest BCUT2D eigenvalue weighted by Crippen LogP contribution is 2.49. The van der Waals surface area contributed by atoms with Crippen LogP contribution < -0.4 is 0 Å². The number of hydrogen-bond acceptors (Lipinski definition) is 2. The summed E-state index contributed by atoms with van der Waals surface area (Å²) < 4.78 is 0. The third-order valence-corrected chi connectivity index (χ3v) is 4.25. The van der Waals surface area contributed by atoms with Gasteiger partial charge >= 0.3 is 0 Å². The Balaban J connectivity index is 2.02. The first kappa shape index (κ1) is 12.8. The van der Waals surface area contributed by atoms with E-state index in [0.29, 0.717) is 5.69 Å². The van der Waals surface area contributed by atoms with Gasteiger partial charge in [0.05, 0.1) is 5.69 Å². The molecule has 3 aromatic rings. The first-order valence-electron chi connectivity index (χ1n) is 7.25. The minimum absolute atomic E-state index is 0.112. The van der Waals surface area contributed by atoms with Gasteiger partial charge in [-0.2, -0.15) is 4.99 Å². The first-order valence-corrected chi connectivity index (χ1v) is 7.25. The lowest BCUT2D eigenvalue weighted by Crippen LogP contribution is -1.99. The molecule has 3 aromatic carbocycles. The molecule has 1 aliphatic rings. The van der Waals surface area contributed by atoms with Crippen LogP contribution in [0.1, 0.15) is 22.6 Å². The zero-order chi connectivity index (χ0) is 14.9. The van der Waals surface area contributed by atoms with E-state index in [9.17, 15) is 4.79 Å². The molecule has 0 amide bonds. The van der Waals surface area contributed by atoms with Crippen molar-refractivity contribution in [1.82, 2.24) is 0 Å². The Labute approximate surface area is 128 Å². The lowest BCUT2D eigenvalue weighted by Gasteiger charge is -2.15. The second-order valence-corrected chi connectivity index (χ2v) is 5.37. The average molecular weight is 283 g/mol. The summed E-state index contributed by atoms with van der Waals surface area (Å²) in [5.74, 6) is 0.112. The van der Waals surface area contributed by atoms with Gasteiger partial charge in [0.25, 0.3) is 0 Å². The van der Waals surface area contributed by atoms with E-state index in [4.69, 9.17) is 0 Å². The van der Waals surface area contributed by atoms with E-state index in [2.05, 4.69) is 53.5 Å². The number of rotatable bonds is 2. The van der Waals surface area contributed by atoms with Crippen LogP contribution in [-0.4, -0.2) is 6.08 Å². The largest absolute Gasteiger partial charge is 0.240 e. The van der Waals surface area contributed by atoms with Gasteiger partial charge in [-0.05, 0) is 33.9 Å². The third-order valence-electron chi connectivity index (χ3n) is 4.25. The SMILES string of the molecule is O=C=Nc1ccccc1C1c2ccccc2-c2ccccc21. The first-order chi connectivity index (χ1) is 10.9. The normalized spacial score (nSPS) is 12.4. The second kappa shape index (κ2) is 5.10. The zero-order valence-corrected chi connectivity index (χ0v) is 11.9. The standard InChI is InChI=1S/C20H13NO/c22-13-21-19-12-6-5-11-18(19)20-16-9-3-1-7-14(16)15-8-2-4-10-17(15)20/h1-12,20H. The number of para-hydroxylation sites is 1. The summed E-state index contributed by atoms with van der Waals surface area (Å²) in [6, 6.07) is 24.6. The van der Waals surface area contributed by atoms with E-state index in [1.165, 1.54) is 22.3 Å². The molecule has 0 unspecified atom stereocenters. The number of hydrogen-bond donors (Lipinski definition) is 0. The van der Waals surface area contributed by atoms with E-state index in [0.717, 1.165) is 5.56 Å². The molecule has 0 fully saturated rings. The van der Waals surface area contributed by atoms with Crippen LogP contribution in [0.25, 0.3) is 11.1 Å². The molecule has 0 aromatic heterocycles. The van der Waals surface area contributed by atoms with E-state index in [1.54, 1.807) is 6.08 Å². The Morgan fingerprint density at radius 2 is 1.18 bits per heavy atom. The topological polar surface area (TPSA) is 29.4 Å². The molecular weight excluding hydrogens is 270 g/mol. The molecule has 1 aliphatic carbocycles. The Hall–Kier alpha value is -2.96. The van der Waals surface area contributed by atoms with E-state index in [1.807, 2.05) is 24.3 Å². The quantitative estimate of drug-likeness (QED) is 0.383. The van der Waals surface area contributed by atoms with Gasteiger partial charge in [0.15, 0.2) is 0 Å². The summed E-state index contributed by atoms with van der Waals surface area (Å²) in [6.45, 7) is 0. The molecule has 0 spiro atoms. The molecule has 0 saturated heterocycles. The van der Waals surface area contributed by atoms with Crippen LogP contribution in [0.15, 0.2) is 77.8 Å². The van der Waals surface area contributed by atoms with Crippen molar-refractivity contribution in [1.29, 1.82) is 0 Å². The van der Waals surface area contributed by atoms with E-state index in [-0.39, 0.29) is 5.92 Å². The van der Waals surface area contributed by atoms with Crippen LogP contribution in [0, 0.1) is 0 Å². The van der Waals surface area contributed by atoms with Crippen LogP contribution in [0.5, 0.6) is 0 Å². The van der Waals surface area contributed by atoms with Crippen molar-refractivity contribution >= 4 is 11.8 Å². The van der Waals surface area contributed by atoms with Crippen molar-refractivity contribution in [2.24, 2.45) is 4.99 Å². The van der Waals surface area contributed by atoms with Crippen LogP contribution in [0.2, 0.25) is 0 Å². The van der Waals surface area contributed by atoms with Crippen molar-refractivity contribution in [2.75, 3.05) is 0 Å². The van der Waals surface area contributed by atoms with Crippen molar-refractivity contribution < 1.29 is 4.79 Å². The summed E-state index contributed by atoms with van der Waals surface area (Å²) in [5, 5.41) is 0. The van der Waals surface area contributed by atoms with E-state index < -0.39 is 0 Å². The number of nitrogens with zero attached hydrogens (tertiary/aromatic N) is 1. The second-order valence-electron chi connectivity index (χ2n) is 5.37. The minimum atomic E-state index is 0.112. The van der Waals surface area contributed by atoms with Gasteiger partial charge in [0, 0.05) is 5.92 Å². The zero-order valence-electron chi connectivity index (χ0n) is 11.9. The number of benzene rings is 3. The predicted octanol–water partition coefficient (Wildman–Crippen LogP) is 4.81. The van der Waals surface area contributed by atoms with Crippen LogP contribution >= 0.6 is 0 Å². The highest BCUT2D eigenvalue weighted by atomic mass is 16.1. The highest BCUT2D eigenvalue weighted by Gasteiger charge is 2.30. The maximum atomic E-state index is 10.7. The summed E-state index contributed by atoms with van der Waals surface area (Å²) >= 11 is 0. The highest BCUT2D eigenvalue weighted by molar-refractivity contribution is 5.81. The molecule has 22 heavy (non-hydrogen) atoms. The van der Waals surface area contributed by atoms with Gasteiger partial charge in [-0.15, -0.1) is 0 Å². The number of aliphatic imine (C=N–C) groups is 1. The molecule has 2 heteroatoms. The lowest BCUT2D eigenvalue weighted by atomic mass is 9.88. The molecular formula is C20H13NO. The lowest BCUT2D eigenvalue weighted by molar-refractivity contribution is 0.565. The Kier molecular flexibility index (Phi) is 2.96. The third kappa shape index (κ3) is 1.82. The molecule has 0 atom stereocenters. The molecule has 0 N–H and O–H groups in total. The van der Waals surface area contributed by atoms with Gasteiger partial charge in [0.1, 0.15) is 0 Å². The summed E-state index contributed by atoms with van der Waals surface area (Å²) in [4.78, 5) is 14.6. The smallest absolute Gasteiger partial charge is 0.211 e. The predicted molar refractivity (Wildman–Crippen MR) is 87.0 cm³/mol. The fourth-order valence-electron chi connectivity index (χ4n) is 3.37. The summed E-state index contributed by atoms with van der Waals surface area (Å²) in [5.41, 5.74) is 6.77. The van der Waals surface area contributed by atoms with Crippen molar-refractivity contribution in [3.8, 4) is 11.1 Å². The number of fused-ring (bicyclic) bond motifs is 3. The van der Waals surface area contributed by atoms with Crippen molar-refractivity contribution in [2.45, 2.75) is 5.92 Å². The maximum absolute atomic E-state index is 10.7. The van der Waals surface area contributed by atoms with Gasteiger partial charge < -0.3 is 0 Å². The minimum Gasteiger partial charge on any atom is -0.211 e. The fraction of sp³-hybridized carbons (Fsp3) is 0.0500. The fourth-order valence-corrected chi connectivity index (χ4v) is 3.37. The summed E-state index contributed by atoms with van der Waals surface area (Å²) in [7, 11) is 0. The number of carbonyl (C=O) groups excluding carboxylic acids is 1. The molecule has 0 heterocycles. The van der Waals surface area contributed by atoms with Gasteiger partial charge in [-0.1, -0.05) is 66.7 Å². The van der Waals surface area contributed by atoms with E-state index >= 15 is 0 Å². The van der Waals surface area contributed by atoms with Gasteiger partial charge in [0.2, 0.25) is 6.08 Å². The van der Waals surface area contributed by atoms with Crippen LogP contribution in [0.4, 0.5) is 5.69 Å². The molecule has 0 radical (unpaired) electrons.